The summed E-state index contributed by atoms with van der Waals surface area (Å²) in [6, 6.07) is 0. The molecule has 98 valence electrons. The Kier molecular flexibility index (Phi) is 4.78. The zero-order valence-electron chi connectivity index (χ0n) is 12.0. The second kappa shape index (κ2) is 5.91. The first-order chi connectivity index (χ1) is 8.36. The van der Waals surface area contributed by atoms with E-state index in [-0.39, 0.29) is 17.5 Å². The molecule has 0 aromatic carbocycles. The fraction of sp³-hybridized carbons (Fsp3) is 0.562. The molecule has 0 heterocycles. The molecule has 0 radical (unpaired) electrons. The Morgan fingerprint density at radius 3 is 2.78 bits per heavy atom. The molecule has 0 spiro atoms. The lowest BCUT2D eigenvalue weighted by Crippen LogP contribution is -2.17. The van der Waals surface area contributed by atoms with Crippen LogP contribution >= 0.6 is 0 Å². The SMILES string of the molecule is CCC(=O)OC(C)C#CC1=C(C)C=CCC1(C)C. The van der Waals surface area contributed by atoms with Gasteiger partial charge in [-0.25, -0.2) is 0 Å². The lowest BCUT2D eigenvalue weighted by Gasteiger charge is -2.28. The zero-order valence-corrected chi connectivity index (χ0v) is 12.0. The molecule has 1 unspecified atom stereocenters. The summed E-state index contributed by atoms with van der Waals surface area (Å²) in [6.45, 7) is 10.0. The van der Waals surface area contributed by atoms with E-state index in [1.165, 1.54) is 5.57 Å². The van der Waals surface area contributed by atoms with Gasteiger partial charge in [0.1, 0.15) is 0 Å². The summed E-state index contributed by atoms with van der Waals surface area (Å²) in [5.41, 5.74) is 2.41. The molecule has 2 heteroatoms. The van der Waals surface area contributed by atoms with E-state index in [9.17, 15) is 4.79 Å². The lowest BCUT2D eigenvalue weighted by molar-refractivity contribution is -0.145. The molecular weight excluding hydrogens is 224 g/mol. The molecule has 0 saturated heterocycles. The number of rotatable bonds is 2. The van der Waals surface area contributed by atoms with Crippen molar-refractivity contribution in [3.05, 3.63) is 23.3 Å². The van der Waals surface area contributed by atoms with Crippen LogP contribution in [0.15, 0.2) is 23.3 Å². The summed E-state index contributed by atoms with van der Waals surface area (Å²) in [5, 5.41) is 0. The van der Waals surface area contributed by atoms with E-state index in [2.05, 4.69) is 44.8 Å². The molecule has 0 fully saturated rings. The summed E-state index contributed by atoms with van der Waals surface area (Å²) in [7, 11) is 0. The number of carbonyl (C=O) groups is 1. The van der Waals surface area contributed by atoms with Crippen LogP contribution in [0.3, 0.4) is 0 Å². The average Bonchev–Trinajstić information content (AvgIpc) is 2.27. The minimum absolute atomic E-state index is 0.0698. The molecular formula is C16H22O2. The number of ether oxygens (including phenoxy) is 1. The Hall–Kier alpha value is -1.49. The number of hydrogen-bond acceptors (Lipinski definition) is 2. The topological polar surface area (TPSA) is 26.3 Å². The van der Waals surface area contributed by atoms with Crippen molar-refractivity contribution in [3.8, 4) is 11.8 Å². The first kappa shape index (κ1) is 14.6. The third-order valence-electron chi connectivity index (χ3n) is 3.06. The van der Waals surface area contributed by atoms with Crippen LogP contribution in [0.1, 0.15) is 47.5 Å². The molecule has 0 aliphatic heterocycles. The summed E-state index contributed by atoms with van der Waals surface area (Å²) in [5.74, 6) is 6.01. The van der Waals surface area contributed by atoms with Gasteiger partial charge >= 0.3 is 5.97 Å². The van der Waals surface area contributed by atoms with E-state index in [0.717, 1.165) is 12.0 Å². The molecule has 0 saturated carbocycles. The highest BCUT2D eigenvalue weighted by Crippen LogP contribution is 2.36. The van der Waals surface area contributed by atoms with Crippen LogP contribution in [0.5, 0.6) is 0 Å². The molecule has 0 aromatic heterocycles. The molecule has 0 amide bonds. The fourth-order valence-corrected chi connectivity index (χ4v) is 2.00. The van der Waals surface area contributed by atoms with E-state index in [0.29, 0.717) is 6.42 Å². The van der Waals surface area contributed by atoms with Crippen LogP contribution < -0.4 is 0 Å². The van der Waals surface area contributed by atoms with Crippen LogP contribution in [0, 0.1) is 17.3 Å². The van der Waals surface area contributed by atoms with Gasteiger partial charge in [0.25, 0.3) is 0 Å². The first-order valence-electron chi connectivity index (χ1n) is 6.45. The van der Waals surface area contributed by atoms with Crippen molar-refractivity contribution in [1.82, 2.24) is 0 Å². The smallest absolute Gasteiger partial charge is 0.306 e. The van der Waals surface area contributed by atoms with E-state index in [1.54, 1.807) is 6.92 Å². The maximum atomic E-state index is 11.2. The van der Waals surface area contributed by atoms with E-state index < -0.39 is 0 Å². The third kappa shape index (κ3) is 3.77. The Morgan fingerprint density at radius 2 is 2.22 bits per heavy atom. The molecule has 1 aliphatic carbocycles. The van der Waals surface area contributed by atoms with Crippen LogP contribution in [0.2, 0.25) is 0 Å². The van der Waals surface area contributed by atoms with Crippen molar-refractivity contribution in [2.45, 2.75) is 53.6 Å². The summed E-state index contributed by atoms with van der Waals surface area (Å²) in [6.07, 6.45) is 5.33. The highest BCUT2D eigenvalue weighted by molar-refractivity contribution is 5.69. The predicted molar refractivity (Wildman–Crippen MR) is 73.9 cm³/mol. The molecule has 0 N–H and O–H groups in total. The van der Waals surface area contributed by atoms with Gasteiger partial charge in [-0.2, -0.15) is 0 Å². The minimum atomic E-state index is -0.348. The third-order valence-corrected chi connectivity index (χ3v) is 3.06. The summed E-state index contributed by atoms with van der Waals surface area (Å²) < 4.78 is 5.14. The van der Waals surface area contributed by atoms with Gasteiger partial charge < -0.3 is 4.74 Å². The van der Waals surface area contributed by atoms with E-state index in [4.69, 9.17) is 4.74 Å². The number of esters is 1. The van der Waals surface area contributed by atoms with Crippen molar-refractivity contribution in [3.63, 3.8) is 0 Å². The maximum Gasteiger partial charge on any atom is 0.306 e. The van der Waals surface area contributed by atoms with Crippen LogP contribution in [-0.2, 0) is 9.53 Å². The highest BCUT2D eigenvalue weighted by atomic mass is 16.5. The molecule has 0 aromatic rings. The van der Waals surface area contributed by atoms with E-state index >= 15 is 0 Å². The first-order valence-corrected chi connectivity index (χ1v) is 6.45. The van der Waals surface area contributed by atoms with Gasteiger partial charge in [0.15, 0.2) is 6.10 Å². The largest absolute Gasteiger partial charge is 0.449 e. The second-order valence-corrected chi connectivity index (χ2v) is 5.30. The average molecular weight is 246 g/mol. The van der Waals surface area contributed by atoms with Gasteiger partial charge in [0, 0.05) is 17.4 Å². The number of allylic oxidation sites excluding steroid dienone is 4. The van der Waals surface area contributed by atoms with Crippen molar-refractivity contribution < 1.29 is 9.53 Å². The lowest BCUT2D eigenvalue weighted by atomic mass is 9.76. The normalized spacial score (nSPS) is 18.9. The van der Waals surface area contributed by atoms with Gasteiger partial charge in [-0.1, -0.05) is 44.8 Å². The van der Waals surface area contributed by atoms with Gasteiger partial charge in [-0.15, -0.1) is 0 Å². The number of hydrogen-bond donors (Lipinski definition) is 0. The quantitative estimate of drug-likeness (QED) is 0.549. The van der Waals surface area contributed by atoms with Crippen molar-refractivity contribution in [2.24, 2.45) is 5.41 Å². The maximum absolute atomic E-state index is 11.2. The van der Waals surface area contributed by atoms with Crippen LogP contribution in [0.25, 0.3) is 0 Å². The summed E-state index contributed by atoms with van der Waals surface area (Å²) >= 11 is 0. The Morgan fingerprint density at radius 1 is 1.56 bits per heavy atom. The van der Waals surface area contributed by atoms with Crippen molar-refractivity contribution in [2.75, 3.05) is 0 Å². The standard InChI is InChI=1S/C16H22O2/c1-6-15(17)18-13(3)9-10-14-12(2)8-7-11-16(14,4)5/h7-8,13H,6,11H2,1-5H3. The minimum Gasteiger partial charge on any atom is -0.449 e. The zero-order chi connectivity index (χ0) is 13.8. The molecule has 18 heavy (non-hydrogen) atoms. The molecule has 2 nitrogen and oxygen atoms in total. The monoisotopic (exact) mass is 246 g/mol. The van der Waals surface area contributed by atoms with Gasteiger partial charge in [0.05, 0.1) is 0 Å². The van der Waals surface area contributed by atoms with Crippen molar-refractivity contribution in [1.29, 1.82) is 0 Å². The van der Waals surface area contributed by atoms with Gasteiger partial charge in [0.2, 0.25) is 0 Å². The molecule has 1 rings (SSSR count). The van der Waals surface area contributed by atoms with E-state index in [1.807, 2.05) is 6.92 Å². The Bertz CT molecular complexity index is 441. The molecule has 1 atom stereocenters. The molecule has 1 aliphatic rings. The Labute approximate surface area is 110 Å². The molecule has 0 bridgehead atoms. The number of carbonyl (C=O) groups excluding carboxylic acids is 1. The van der Waals surface area contributed by atoms with Gasteiger partial charge in [-0.05, 0) is 25.8 Å². The van der Waals surface area contributed by atoms with Crippen LogP contribution in [-0.4, -0.2) is 12.1 Å². The van der Waals surface area contributed by atoms with Gasteiger partial charge in [-0.3, -0.25) is 4.79 Å². The second-order valence-electron chi connectivity index (χ2n) is 5.30. The van der Waals surface area contributed by atoms with Crippen LogP contribution in [0.4, 0.5) is 0 Å². The summed E-state index contributed by atoms with van der Waals surface area (Å²) in [4.78, 5) is 11.2. The highest BCUT2D eigenvalue weighted by Gasteiger charge is 2.24. The predicted octanol–water partition coefficient (Wildman–Crippen LogP) is 3.63. The Balaban J connectivity index is 2.83. The van der Waals surface area contributed by atoms with Crippen molar-refractivity contribution >= 4 is 5.97 Å². The fourth-order valence-electron chi connectivity index (χ4n) is 2.00.